The van der Waals surface area contributed by atoms with Crippen molar-refractivity contribution in [3.63, 3.8) is 0 Å². The smallest absolute Gasteiger partial charge is 0.314 e. The fourth-order valence-electron chi connectivity index (χ4n) is 2.74. The Kier molecular flexibility index (Phi) is 8.48. The number of carbonyl (C=O) groups is 1. The summed E-state index contributed by atoms with van der Waals surface area (Å²) >= 11 is 0. The van der Waals surface area contributed by atoms with Crippen LogP contribution >= 0.6 is 0 Å². The molecule has 0 aliphatic carbocycles. The van der Waals surface area contributed by atoms with Crippen molar-refractivity contribution in [2.75, 3.05) is 6.61 Å². The van der Waals surface area contributed by atoms with Gasteiger partial charge in [0, 0.05) is 0 Å². The molecule has 0 bridgehead atoms. The van der Waals surface area contributed by atoms with Crippen LogP contribution < -0.4 is 0 Å². The first-order valence-corrected chi connectivity index (χ1v) is 10.7. The molecule has 21 heavy (non-hydrogen) atoms. The van der Waals surface area contributed by atoms with E-state index in [1.165, 1.54) is 0 Å². The van der Waals surface area contributed by atoms with Crippen LogP contribution in [0.25, 0.3) is 0 Å². The van der Waals surface area contributed by atoms with Crippen molar-refractivity contribution in [1.29, 1.82) is 0 Å². The second-order valence-corrected chi connectivity index (χ2v) is 11.0. The van der Waals surface area contributed by atoms with Gasteiger partial charge >= 0.3 is 5.97 Å². The van der Waals surface area contributed by atoms with E-state index in [4.69, 9.17) is 9.16 Å². The van der Waals surface area contributed by atoms with E-state index in [2.05, 4.69) is 34.3 Å². The van der Waals surface area contributed by atoms with Crippen LogP contribution in [-0.2, 0) is 14.0 Å². The molecule has 0 fully saturated rings. The maximum absolute atomic E-state index is 12.4. The Morgan fingerprint density at radius 2 is 1.67 bits per heavy atom. The fraction of sp³-hybridized carbons (Fsp3) is 0.824. The van der Waals surface area contributed by atoms with Crippen molar-refractivity contribution in [2.24, 2.45) is 11.3 Å². The average molecular weight is 315 g/mol. The maximum atomic E-state index is 12.4. The lowest BCUT2D eigenvalue weighted by molar-refractivity contribution is -0.160. The minimum Gasteiger partial charge on any atom is -0.466 e. The zero-order valence-corrected chi connectivity index (χ0v) is 16.0. The van der Waals surface area contributed by atoms with Gasteiger partial charge in [0.25, 0.3) is 0 Å². The third-order valence-electron chi connectivity index (χ3n) is 4.67. The normalized spacial score (nSPS) is 15.4. The molecule has 0 unspecified atom stereocenters. The van der Waals surface area contributed by atoms with Crippen molar-refractivity contribution in [2.45, 2.75) is 72.7 Å². The van der Waals surface area contributed by atoms with Gasteiger partial charge in [-0.05, 0) is 44.8 Å². The molecule has 0 aliphatic heterocycles. The lowest BCUT2D eigenvalue weighted by atomic mass is 9.80. The predicted molar refractivity (Wildman–Crippen MR) is 91.8 cm³/mol. The second kappa shape index (κ2) is 8.74. The van der Waals surface area contributed by atoms with Crippen molar-refractivity contribution in [3.8, 4) is 0 Å². The molecular weight excluding hydrogens is 280 g/mol. The van der Waals surface area contributed by atoms with Gasteiger partial charge in [0.1, 0.15) is 0 Å². The molecule has 0 heterocycles. The zero-order valence-electron chi connectivity index (χ0n) is 15.0. The maximum Gasteiger partial charge on any atom is 0.314 e. The van der Waals surface area contributed by atoms with Gasteiger partial charge in [0.05, 0.1) is 18.1 Å². The van der Waals surface area contributed by atoms with E-state index in [1.54, 1.807) is 0 Å². The highest BCUT2D eigenvalue weighted by Crippen LogP contribution is 2.36. The van der Waals surface area contributed by atoms with Crippen molar-refractivity contribution in [3.05, 3.63) is 12.7 Å². The summed E-state index contributed by atoms with van der Waals surface area (Å²) in [6.45, 7) is 18.6. The molecule has 124 valence electrons. The second-order valence-electron chi connectivity index (χ2n) is 6.32. The van der Waals surface area contributed by atoms with Gasteiger partial charge in [0.2, 0.25) is 0 Å². The molecule has 0 aromatic heterocycles. The molecule has 0 spiro atoms. The van der Waals surface area contributed by atoms with Crippen LogP contribution in [0, 0.1) is 11.3 Å². The van der Waals surface area contributed by atoms with Crippen LogP contribution in [0.2, 0.25) is 18.1 Å². The van der Waals surface area contributed by atoms with Gasteiger partial charge in [-0.15, -0.1) is 6.58 Å². The average Bonchev–Trinajstić information content (AvgIpc) is 2.48. The standard InChI is InChI=1S/C17H34O3Si/c1-9-14(6)15(17(7,8)16(18)19-10-2)20-21(11-3,12-4)13-5/h9,14-15H,1,10-13H2,2-8H3/t14-,15+/m0/s1. The molecule has 0 aliphatic rings. The topological polar surface area (TPSA) is 35.5 Å². The van der Waals surface area contributed by atoms with Crippen molar-refractivity contribution < 1.29 is 14.0 Å². The highest BCUT2D eigenvalue weighted by Gasteiger charge is 2.45. The van der Waals surface area contributed by atoms with Crippen LogP contribution in [0.1, 0.15) is 48.5 Å². The molecule has 4 heteroatoms. The van der Waals surface area contributed by atoms with Gasteiger partial charge < -0.3 is 9.16 Å². The molecule has 0 aromatic rings. The van der Waals surface area contributed by atoms with E-state index in [0.29, 0.717) is 6.61 Å². The number of ether oxygens (including phenoxy) is 1. The van der Waals surface area contributed by atoms with E-state index in [1.807, 2.05) is 26.8 Å². The van der Waals surface area contributed by atoms with Crippen LogP contribution in [0.5, 0.6) is 0 Å². The Bertz CT molecular complexity index is 327. The molecular formula is C17H34O3Si. The van der Waals surface area contributed by atoms with Crippen LogP contribution in [0.15, 0.2) is 12.7 Å². The molecule has 0 amide bonds. The summed E-state index contributed by atoms with van der Waals surface area (Å²) in [4.78, 5) is 12.4. The summed E-state index contributed by atoms with van der Waals surface area (Å²) in [5.74, 6) is -0.0733. The third-order valence-corrected chi connectivity index (χ3v) is 9.29. The van der Waals surface area contributed by atoms with Crippen molar-refractivity contribution in [1.82, 2.24) is 0 Å². The summed E-state index contributed by atoms with van der Waals surface area (Å²) in [5.41, 5.74) is -0.665. The van der Waals surface area contributed by atoms with E-state index in [0.717, 1.165) is 18.1 Å². The van der Waals surface area contributed by atoms with E-state index in [9.17, 15) is 4.79 Å². The first-order chi connectivity index (χ1) is 9.74. The molecule has 0 radical (unpaired) electrons. The number of hydrogen-bond acceptors (Lipinski definition) is 3. The predicted octanol–water partition coefficient (Wildman–Crippen LogP) is 4.79. The summed E-state index contributed by atoms with van der Waals surface area (Å²) in [5, 5.41) is 0. The van der Waals surface area contributed by atoms with Crippen molar-refractivity contribution >= 4 is 14.3 Å². The minimum absolute atomic E-state index is 0.112. The van der Waals surface area contributed by atoms with E-state index in [-0.39, 0.29) is 18.0 Å². The number of carbonyl (C=O) groups excluding carboxylic acids is 1. The number of esters is 1. The summed E-state index contributed by atoms with van der Waals surface area (Å²) in [6, 6.07) is 3.21. The monoisotopic (exact) mass is 314 g/mol. The van der Waals surface area contributed by atoms with Gasteiger partial charge in [-0.25, -0.2) is 0 Å². The number of rotatable bonds is 10. The highest BCUT2D eigenvalue weighted by atomic mass is 28.4. The van der Waals surface area contributed by atoms with Crippen LogP contribution in [0.3, 0.4) is 0 Å². The molecule has 3 nitrogen and oxygen atoms in total. The molecule has 0 saturated heterocycles. The Morgan fingerprint density at radius 1 is 1.19 bits per heavy atom. The zero-order chi connectivity index (χ0) is 16.7. The summed E-state index contributed by atoms with van der Waals surface area (Å²) in [7, 11) is -1.79. The SMILES string of the molecule is C=C[C@H](C)[C@@H](O[Si](CC)(CC)CC)C(C)(C)C(=O)OCC. The first kappa shape index (κ1) is 20.4. The summed E-state index contributed by atoms with van der Waals surface area (Å²) in [6.07, 6.45) is 1.70. The Labute approximate surface area is 132 Å². The lowest BCUT2D eigenvalue weighted by Crippen LogP contribution is -2.50. The van der Waals surface area contributed by atoms with Crippen LogP contribution in [-0.4, -0.2) is 27.0 Å². The minimum atomic E-state index is -1.79. The quantitative estimate of drug-likeness (QED) is 0.330. The Hall–Kier alpha value is -0.613. The Morgan fingerprint density at radius 3 is 2.00 bits per heavy atom. The first-order valence-electron chi connectivity index (χ1n) is 8.22. The number of hydrogen-bond donors (Lipinski definition) is 0. The van der Waals surface area contributed by atoms with E-state index >= 15 is 0 Å². The van der Waals surface area contributed by atoms with Gasteiger partial charge in [-0.2, -0.15) is 0 Å². The highest BCUT2D eigenvalue weighted by molar-refractivity contribution is 6.73. The van der Waals surface area contributed by atoms with Gasteiger partial charge in [-0.1, -0.05) is 33.8 Å². The molecule has 0 rings (SSSR count). The fourth-order valence-corrected chi connectivity index (χ4v) is 5.79. The Balaban J connectivity index is 5.48. The molecule has 0 aromatic carbocycles. The largest absolute Gasteiger partial charge is 0.466 e. The van der Waals surface area contributed by atoms with E-state index < -0.39 is 13.7 Å². The molecule has 0 saturated carbocycles. The lowest BCUT2D eigenvalue weighted by Gasteiger charge is -2.42. The van der Waals surface area contributed by atoms with Crippen LogP contribution in [0.4, 0.5) is 0 Å². The van der Waals surface area contributed by atoms with Gasteiger partial charge in [0.15, 0.2) is 8.32 Å². The summed E-state index contributed by atoms with van der Waals surface area (Å²) < 4.78 is 11.9. The van der Waals surface area contributed by atoms with Gasteiger partial charge in [-0.3, -0.25) is 4.79 Å². The molecule has 0 N–H and O–H groups in total. The molecule has 2 atom stereocenters. The third kappa shape index (κ3) is 4.96.